The van der Waals surface area contributed by atoms with Crippen LogP contribution in [0.1, 0.15) is 21.0 Å². The monoisotopic (exact) mass is 292 g/mol. The van der Waals surface area contributed by atoms with Crippen LogP contribution in [-0.4, -0.2) is 39.2 Å². The Morgan fingerprint density at radius 1 is 1.24 bits per heavy atom. The van der Waals surface area contributed by atoms with Gasteiger partial charge in [-0.2, -0.15) is 0 Å². The van der Waals surface area contributed by atoms with Gasteiger partial charge in [0.2, 0.25) is 5.56 Å². The smallest absolute Gasteiger partial charge is 0.356 e. The molecule has 0 aliphatic heterocycles. The number of rotatable bonds is 2. The molecule has 21 heavy (non-hydrogen) atoms. The molecule has 8 nitrogen and oxygen atoms in total. The van der Waals surface area contributed by atoms with E-state index in [0.717, 1.165) is 0 Å². The summed E-state index contributed by atoms with van der Waals surface area (Å²) in [5.41, 5.74) is -0.308. The molecule has 110 valence electrons. The number of nitrogens with zero attached hydrogens (tertiary/aromatic N) is 1. The highest BCUT2D eigenvalue weighted by atomic mass is 16.5. The number of pyridine rings is 2. The van der Waals surface area contributed by atoms with E-state index in [-0.39, 0.29) is 17.1 Å². The third-order valence-electron chi connectivity index (χ3n) is 2.14. The minimum absolute atomic E-state index is 0.0256. The van der Waals surface area contributed by atoms with Crippen LogP contribution in [0.3, 0.4) is 0 Å². The number of H-pyrrole nitrogens is 1. The van der Waals surface area contributed by atoms with Crippen molar-refractivity contribution in [3.8, 4) is 5.75 Å². The van der Waals surface area contributed by atoms with E-state index in [0.29, 0.717) is 0 Å². The Hall–Kier alpha value is -3.16. The van der Waals surface area contributed by atoms with Gasteiger partial charge in [0.05, 0.1) is 13.3 Å². The first-order chi connectivity index (χ1) is 9.93. The summed E-state index contributed by atoms with van der Waals surface area (Å²) in [7, 11) is 1.27. The van der Waals surface area contributed by atoms with Gasteiger partial charge in [0, 0.05) is 6.07 Å². The van der Waals surface area contributed by atoms with Gasteiger partial charge in [0.1, 0.15) is 17.1 Å². The average molecular weight is 292 g/mol. The summed E-state index contributed by atoms with van der Waals surface area (Å²) in [6.45, 7) is 0. The standard InChI is InChI=1S/C7H7NO3.C6H5NO3/c1-11-7(10)6-3-2-5(9)4-8-6;8-5-3-1-2-4(7-5)6(9)10/h2-4,9H,1H3;1-3H,(H,7,8)(H,9,10). The predicted octanol–water partition coefficient (Wildman–Crippen LogP) is 0.647. The molecule has 0 aromatic carbocycles. The molecule has 3 N–H and O–H groups in total. The maximum Gasteiger partial charge on any atom is 0.356 e. The number of hydrogen-bond donors (Lipinski definition) is 3. The number of ether oxygens (including phenoxy) is 1. The van der Waals surface area contributed by atoms with Gasteiger partial charge in [0.25, 0.3) is 0 Å². The van der Waals surface area contributed by atoms with Gasteiger partial charge >= 0.3 is 11.9 Å². The first kappa shape index (κ1) is 15.9. The fourth-order valence-electron chi connectivity index (χ4n) is 1.18. The number of hydrogen-bond acceptors (Lipinski definition) is 6. The van der Waals surface area contributed by atoms with Crippen molar-refractivity contribution in [3.05, 3.63) is 58.3 Å². The zero-order valence-corrected chi connectivity index (χ0v) is 10.9. The van der Waals surface area contributed by atoms with Crippen LogP contribution < -0.4 is 5.56 Å². The third kappa shape index (κ3) is 5.15. The van der Waals surface area contributed by atoms with Crippen LogP contribution >= 0.6 is 0 Å². The first-order valence-electron chi connectivity index (χ1n) is 5.60. The van der Waals surface area contributed by atoms with Crippen molar-refractivity contribution in [2.45, 2.75) is 0 Å². The molecule has 8 heteroatoms. The summed E-state index contributed by atoms with van der Waals surface area (Å²) in [5, 5.41) is 17.1. The number of carbonyl (C=O) groups is 2. The normalized spacial score (nSPS) is 9.19. The Kier molecular flexibility index (Phi) is 5.63. The topological polar surface area (TPSA) is 130 Å². The van der Waals surface area contributed by atoms with Gasteiger partial charge in [-0.25, -0.2) is 14.6 Å². The highest BCUT2D eigenvalue weighted by Crippen LogP contribution is 2.06. The van der Waals surface area contributed by atoms with E-state index in [1.165, 1.54) is 43.6 Å². The lowest BCUT2D eigenvalue weighted by atomic mass is 10.3. The summed E-state index contributed by atoms with van der Waals surface area (Å²) < 4.78 is 4.39. The maximum absolute atomic E-state index is 10.8. The number of carbonyl (C=O) groups excluding carboxylic acids is 1. The van der Waals surface area contributed by atoms with Gasteiger partial charge in [-0.05, 0) is 18.2 Å². The van der Waals surface area contributed by atoms with Gasteiger partial charge in [-0.3, -0.25) is 4.79 Å². The Bertz CT molecular complexity index is 678. The number of carboxylic acids is 1. The molecule has 0 spiro atoms. The number of aromatic amines is 1. The van der Waals surface area contributed by atoms with Crippen LogP contribution in [0.15, 0.2) is 41.3 Å². The van der Waals surface area contributed by atoms with E-state index < -0.39 is 17.5 Å². The summed E-state index contributed by atoms with van der Waals surface area (Å²) in [6, 6.07) is 6.74. The molecule has 0 aliphatic carbocycles. The predicted molar refractivity (Wildman–Crippen MR) is 71.3 cm³/mol. The highest BCUT2D eigenvalue weighted by Gasteiger charge is 2.04. The number of methoxy groups -OCH3 is 1. The van der Waals surface area contributed by atoms with E-state index in [1.807, 2.05) is 0 Å². The van der Waals surface area contributed by atoms with E-state index >= 15 is 0 Å². The molecule has 0 radical (unpaired) electrons. The quantitative estimate of drug-likeness (QED) is 0.693. The summed E-state index contributed by atoms with van der Waals surface area (Å²) in [5.74, 6) is -1.61. The number of aromatic nitrogens is 2. The summed E-state index contributed by atoms with van der Waals surface area (Å²) in [4.78, 5) is 37.2. The number of esters is 1. The molecule has 2 heterocycles. The molecule has 2 rings (SSSR count). The van der Waals surface area contributed by atoms with Crippen molar-refractivity contribution in [1.29, 1.82) is 0 Å². The molecule has 0 saturated heterocycles. The Morgan fingerprint density at radius 2 is 1.95 bits per heavy atom. The van der Waals surface area contributed by atoms with E-state index in [2.05, 4.69) is 14.7 Å². The molecule has 2 aromatic heterocycles. The fraction of sp³-hybridized carbons (Fsp3) is 0.0769. The fourth-order valence-corrected chi connectivity index (χ4v) is 1.18. The van der Waals surface area contributed by atoms with Crippen LogP contribution in [0.4, 0.5) is 0 Å². The molecule has 0 unspecified atom stereocenters. The lowest BCUT2D eigenvalue weighted by molar-refractivity contribution is 0.0593. The van der Waals surface area contributed by atoms with Gasteiger partial charge in [0.15, 0.2) is 0 Å². The first-order valence-corrected chi connectivity index (χ1v) is 5.60. The Balaban J connectivity index is 0.000000211. The molecule has 2 aromatic rings. The number of nitrogens with one attached hydrogen (secondary N) is 1. The van der Waals surface area contributed by atoms with Crippen molar-refractivity contribution >= 4 is 11.9 Å². The van der Waals surface area contributed by atoms with E-state index in [4.69, 9.17) is 10.2 Å². The van der Waals surface area contributed by atoms with Crippen molar-refractivity contribution in [3.63, 3.8) is 0 Å². The van der Waals surface area contributed by atoms with Crippen LogP contribution in [-0.2, 0) is 4.74 Å². The Labute approximate surface area is 118 Å². The van der Waals surface area contributed by atoms with Crippen molar-refractivity contribution < 1.29 is 24.5 Å². The molecule has 0 bridgehead atoms. The largest absolute Gasteiger partial charge is 0.506 e. The van der Waals surface area contributed by atoms with Crippen molar-refractivity contribution in [2.24, 2.45) is 0 Å². The second-order valence-corrected chi connectivity index (χ2v) is 3.63. The minimum Gasteiger partial charge on any atom is -0.506 e. The molecular weight excluding hydrogens is 280 g/mol. The lowest BCUT2D eigenvalue weighted by Gasteiger charge is -1.96. The molecule has 0 aliphatic rings. The van der Waals surface area contributed by atoms with Gasteiger partial charge in [-0.15, -0.1) is 0 Å². The third-order valence-corrected chi connectivity index (χ3v) is 2.14. The summed E-state index contributed by atoms with van der Waals surface area (Å²) in [6.07, 6.45) is 1.19. The number of aromatic hydroxyl groups is 1. The highest BCUT2D eigenvalue weighted by molar-refractivity contribution is 5.87. The van der Waals surface area contributed by atoms with Crippen LogP contribution in [0.5, 0.6) is 5.75 Å². The maximum atomic E-state index is 10.8. The van der Waals surface area contributed by atoms with Crippen LogP contribution in [0.25, 0.3) is 0 Å². The average Bonchev–Trinajstić information content (AvgIpc) is 2.48. The van der Waals surface area contributed by atoms with E-state index in [9.17, 15) is 14.4 Å². The van der Waals surface area contributed by atoms with Crippen molar-refractivity contribution in [1.82, 2.24) is 9.97 Å². The molecular formula is C13H12N2O6. The summed E-state index contributed by atoms with van der Waals surface area (Å²) >= 11 is 0. The van der Waals surface area contributed by atoms with Crippen LogP contribution in [0, 0.1) is 0 Å². The molecule has 0 saturated carbocycles. The second kappa shape index (κ2) is 7.43. The lowest BCUT2D eigenvalue weighted by Crippen LogP contribution is -2.10. The van der Waals surface area contributed by atoms with Gasteiger partial charge < -0.3 is 19.9 Å². The number of aromatic carboxylic acids is 1. The SMILES string of the molecule is COC(=O)c1ccc(O)cn1.O=C(O)c1cccc(=O)[nH]1. The van der Waals surface area contributed by atoms with Crippen molar-refractivity contribution in [2.75, 3.05) is 7.11 Å². The number of carboxylic acid groups (broad SMARTS) is 1. The zero-order chi connectivity index (χ0) is 15.8. The second-order valence-electron chi connectivity index (χ2n) is 3.63. The van der Waals surface area contributed by atoms with Crippen LogP contribution in [0.2, 0.25) is 0 Å². The Morgan fingerprint density at radius 3 is 2.38 bits per heavy atom. The minimum atomic E-state index is -1.13. The molecule has 0 atom stereocenters. The molecule has 0 fully saturated rings. The molecule has 0 amide bonds. The van der Waals surface area contributed by atoms with Gasteiger partial charge in [-0.1, -0.05) is 6.07 Å². The van der Waals surface area contributed by atoms with E-state index in [1.54, 1.807) is 0 Å². The zero-order valence-electron chi connectivity index (χ0n) is 10.9.